The van der Waals surface area contributed by atoms with Gasteiger partial charge in [0.2, 0.25) is 5.91 Å². The third kappa shape index (κ3) is 3.58. The third-order valence-electron chi connectivity index (χ3n) is 4.21. The van der Waals surface area contributed by atoms with Crippen molar-refractivity contribution >= 4 is 39.2 Å². The van der Waals surface area contributed by atoms with E-state index in [4.69, 9.17) is 4.74 Å². The minimum Gasteiger partial charge on any atom is -0.372 e. The monoisotopic (exact) mass is 365 g/mol. The molecule has 0 aromatic carbocycles. The highest BCUT2D eigenvalue weighted by Gasteiger charge is 2.26. The van der Waals surface area contributed by atoms with Gasteiger partial charge in [0, 0.05) is 23.4 Å². The van der Waals surface area contributed by atoms with E-state index in [-0.39, 0.29) is 18.1 Å². The maximum atomic E-state index is 12.6. The first-order valence-corrected chi connectivity index (χ1v) is 9.95. The average Bonchev–Trinajstić information content (AvgIpc) is 2.78. The summed E-state index contributed by atoms with van der Waals surface area (Å²) >= 11 is 3.21. The van der Waals surface area contributed by atoms with Gasteiger partial charge in [-0.15, -0.1) is 11.3 Å². The molecule has 3 rings (SSSR count). The number of hydrogen-bond acceptors (Lipinski definition) is 6. The van der Waals surface area contributed by atoms with E-state index in [2.05, 4.69) is 23.8 Å². The highest BCUT2D eigenvalue weighted by molar-refractivity contribution is 8.00. The van der Waals surface area contributed by atoms with Crippen molar-refractivity contribution in [3.63, 3.8) is 0 Å². The van der Waals surface area contributed by atoms with Crippen molar-refractivity contribution in [2.45, 2.75) is 51.9 Å². The largest absolute Gasteiger partial charge is 0.372 e. The summed E-state index contributed by atoms with van der Waals surface area (Å²) in [5.74, 6) is 1.31. The van der Waals surface area contributed by atoms with Crippen molar-refractivity contribution in [2.24, 2.45) is 0 Å². The molecule has 1 saturated heterocycles. The van der Waals surface area contributed by atoms with E-state index in [9.17, 15) is 4.79 Å². The lowest BCUT2D eigenvalue weighted by Gasteiger charge is -2.35. The molecule has 1 aliphatic heterocycles. The molecule has 5 nitrogen and oxygen atoms in total. The number of hydrogen-bond donors (Lipinski definition) is 0. The first-order chi connectivity index (χ1) is 11.3. The first-order valence-electron chi connectivity index (χ1n) is 8.15. The van der Waals surface area contributed by atoms with Gasteiger partial charge >= 0.3 is 0 Å². The van der Waals surface area contributed by atoms with Crippen LogP contribution in [-0.4, -0.2) is 51.8 Å². The normalized spacial score (nSPS) is 21.5. The molecule has 3 heterocycles. The number of thiophene rings is 1. The quantitative estimate of drug-likeness (QED) is 0.617. The van der Waals surface area contributed by atoms with Gasteiger partial charge in [-0.05, 0) is 40.2 Å². The Labute approximate surface area is 150 Å². The number of thioether (sulfide) groups is 1. The molecule has 1 fully saturated rings. The van der Waals surface area contributed by atoms with E-state index in [1.54, 1.807) is 11.3 Å². The summed E-state index contributed by atoms with van der Waals surface area (Å²) in [4.78, 5) is 25.9. The van der Waals surface area contributed by atoms with Crippen molar-refractivity contribution in [1.82, 2.24) is 14.9 Å². The fraction of sp³-hybridized carbons (Fsp3) is 0.588. The van der Waals surface area contributed by atoms with Crippen LogP contribution in [-0.2, 0) is 9.53 Å². The molecule has 0 N–H and O–H groups in total. The van der Waals surface area contributed by atoms with Gasteiger partial charge in [-0.2, -0.15) is 0 Å². The summed E-state index contributed by atoms with van der Waals surface area (Å²) < 4.78 is 5.70. The van der Waals surface area contributed by atoms with Gasteiger partial charge in [0.15, 0.2) is 0 Å². The number of aryl methyl sites for hydroxylation is 3. The van der Waals surface area contributed by atoms with Crippen molar-refractivity contribution in [1.29, 1.82) is 0 Å². The number of rotatable bonds is 3. The van der Waals surface area contributed by atoms with Crippen LogP contribution in [0.2, 0.25) is 0 Å². The van der Waals surface area contributed by atoms with Gasteiger partial charge in [0.1, 0.15) is 15.7 Å². The maximum Gasteiger partial charge on any atom is 0.233 e. The Morgan fingerprint density at radius 1 is 1.25 bits per heavy atom. The van der Waals surface area contributed by atoms with Gasteiger partial charge < -0.3 is 9.64 Å². The van der Waals surface area contributed by atoms with Crippen LogP contribution in [0.3, 0.4) is 0 Å². The van der Waals surface area contributed by atoms with Crippen LogP contribution >= 0.6 is 23.1 Å². The fourth-order valence-corrected chi connectivity index (χ4v) is 5.19. The van der Waals surface area contributed by atoms with Crippen molar-refractivity contribution in [3.8, 4) is 0 Å². The fourth-order valence-electron chi connectivity index (χ4n) is 3.02. The summed E-state index contributed by atoms with van der Waals surface area (Å²) in [5.41, 5.74) is 1.22. The number of carbonyl (C=O) groups excluding carboxylic acids is 1. The molecule has 2 aromatic rings. The van der Waals surface area contributed by atoms with E-state index < -0.39 is 0 Å². The smallest absolute Gasteiger partial charge is 0.233 e. The Morgan fingerprint density at radius 3 is 2.58 bits per heavy atom. The van der Waals surface area contributed by atoms with Crippen LogP contribution in [0, 0.1) is 20.8 Å². The van der Waals surface area contributed by atoms with E-state index in [0.29, 0.717) is 18.8 Å². The summed E-state index contributed by atoms with van der Waals surface area (Å²) in [6.45, 7) is 11.5. The van der Waals surface area contributed by atoms with E-state index >= 15 is 0 Å². The predicted molar refractivity (Wildman–Crippen MR) is 98.9 cm³/mol. The molecule has 0 spiro atoms. The molecule has 0 saturated carbocycles. The Morgan fingerprint density at radius 2 is 1.92 bits per heavy atom. The van der Waals surface area contributed by atoms with Gasteiger partial charge in [0.05, 0.1) is 18.0 Å². The first kappa shape index (κ1) is 17.6. The molecule has 0 aliphatic carbocycles. The number of morpholine rings is 1. The number of fused-ring (bicyclic) bond motifs is 1. The summed E-state index contributed by atoms with van der Waals surface area (Å²) in [5, 5.41) is 2.02. The topological polar surface area (TPSA) is 55.3 Å². The van der Waals surface area contributed by atoms with E-state index in [1.165, 1.54) is 22.2 Å². The van der Waals surface area contributed by atoms with Gasteiger partial charge in [-0.3, -0.25) is 4.79 Å². The van der Waals surface area contributed by atoms with E-state index in [0.717, 1.165) is 21.1 Å². The molecule has 2 aromatic heterocycles. The van der Waals surface area contributed by atoms with Crippen LogP contribution in [0.25, 0.3) is 10.2 Å². The number of carbonyl (C=O) groups is 1. The van der Waals surface area contributed by atoms with Crippen LogP contribution < -0.4 is 0 Å². The number of nitrogens with zero attached hydrogens (tertiary/aromatic N) is 3. The minimum absolute atomic E-state index is 0.0949. The second-order valence-corrected chi connectivity index (χ2v) is 8.55. The molecule has 2 atom stereocenters. The van der Waals surface area contributed by atoms with E-state index in [1.807, 2.05) is 25.7 Å². The maximum absolute atomic E-state index is 12.6. The van der Waals surface area contributed by atoms with Crippen LogP contribution in [0.4, 0.5) is 0 Å². The Hall–Kier alpha value is -1.18. The molecule has 0 radical (unpaired) electrons. The van der Waals surface area contributed by atoms with Gasteiger partial charge in [-0.1, -0.05) is 11.8 Å². The molecular formula is C17H23N3O2S2. The molecule has 130 valence electrons. The molecule has 0 bridgehead atoms. The number of amides is 1. The summed E-state index contributed by atoms with van der Waals surface area (Å²) in [7, 11) is 0. The Bertz CT molecular complexity index is 765. The Kier molecular flexibility index (Phi) is 5.13. The molecule has 24 heavy (non-hydrogen) atoms. The Balaban J connectivity index is 1.77. The van der Waals surface area contributed by atoms with Crippen LogP contribution in [0.1, 0.15) is 30.1 Å². The second-order valence-electron chi connectivity index (χ2n) is 6.38. The van der Waals surface area contributed by atoms with Gasteiger partial charge in [-0.25, -0.2) is 9.97 Å². The number of ether oxygens (including phenoxy) is 1. The third-order valence-corrected chi connectivity index (χ3v) is 6.27. The minimum atomic E-state index is 0.0949. The summed E-state index contributed by atoms with van der Waals surface area (Å²) in [6.07, 6.45) is 0.190. The lowest BCUT2D eigenvalue weighted by molar-refractivity contribution is -0.140. The van der Waals surface area contributed by atoms with Crippen molar-refractivity contribution in [2.75, 3.05) is 18.8 Å². The molecule has 7 heteroatoms. The van der Waals surface area contributed by atoms with Crippen molar-refractivity contribution < 1.29 is 9.53 Å². The zero-order valence-corrected chi connectivity index (χ0v) is 16.4. The SMILES string of the molecule is Cc1nc(SCC(=O)N2C[C@@H](C)O[C@@H](C)C2)c2c(C)c(C)sc2n1. The highest BCUT2D eigenvalue weighted by Crippen LogP contribution is 2.35. The predicted octanol–water partition coefficient (Wildman–Crippen LogP) is 3.34. The average molecular weight is 366 g/mol. The van der Waals surface area contributed by atoms with Crippen molar-refractivity contribution in [3.05, 3.63) is 16.3 Å². The zero-order chi connectivity index (χ0) is 17.4. The standard InChI is InChI=1S/C17H23N3O2S2/c1-9-6-20(7-10(2)22-9)14(21)8-23-16-15-11(3)12(4)24-17(15)19-13(5)18-16/h9-10H,6-8H2,1-5H3/t9-,10+. The second kappa shape index (κ2) is 6.98. The van der Waals surface area contributed by atoms with Crippen LogP contribution in [0.15, 0.2) is 5.03 Å². The zero-order valence-electron chi connectivity index (χ0n) is 14.8. The molecule has 0 unspecified atom stereocenters. The van der Waals surface area contributed by atoms with Crippen LogP contribution in [0.5, 0.6) is 0 Å². The molecular weight excluding hydrogens is 342 g/mol. The molecule has 1 amide bonds. The highest BCUT2D eigenvalue weighted by atomic mass is 32.2. The lowest BCUT2D eigenvalue weighted by Crippen LogP contribution is -2.48. The summed E-state index contributed by atoms with van der Waals surface area (Å²) in [6, 6.07) is 0. The molecule has 1 aliphatic rings. The lowest BCUT2D eigenvalue weighted by atomic mass is 10.2. The number of aromatic nitrogens is 2. The van der Waals surface area contributed by atoms with Gasteiger partial charge in [0.25, 0.3) is 0 Å².